The number of thiol groups is 1. The first-order valence-corrected chi connectivity index (χ1v) is 7.09. The van der Waals surface area contributed by atoms with Gasteiger partial charge in [0.2, 0.25) is 0 Å². The summed E-state index contributed by atoms with van der Waals surface area (Å²) >= 11 is 5.54. The van der Waals surface area contributed by atoms with E-state index in [0.717, 1.165) is 15.3 Å². The highest BCUT2D eigenvalue weighted by Gasteiger charge is 2.13. The predicted octanol–water partition coefficient (Wildman–Crippen LogP) is 2.95. The van der Waals surface area contributed by atoms with Crippen LogP contribution in [0.5, 0.6) is 0 Å². The molecule has 0 fully saturated rings. The molecule has 6 heteroatoms. The maximum Gasteiger partial charge on any atom is 0.295 e. The molecule has 0 amide bonds. The molecular formula is C10H8O3S3. The monoisotopic (exact) mass is 272 g/mol. The van der Waals surface area contributed by atoms with Crippen LogP contribution in [0.3, 0.4) is 0 Å². The van der Waals surface area contributed by atoms with Gasteiger partial charge >= 0.3 is 0 Å². The van der Waals surface area contributed by atoms with Crippen LogP contribution >= 0.6 is 24.0 Å². The Labute approximate surface area is 103 Å². The van der Waals surface area contributed by atoms with Crippen LogP contribution in [0.15, 0.2) is 45.5 Å². The molecule has 0 unspecified atom stereocenters. The minimum absolute atomic E-state index is 0.0795. The molecule has 1 aromatic heterocycles. The smallest absolute Gasteiger partial charge is 0.282 e. The second-order valence-electron chi connectivity index (χ2n) is 3.14. The number of rotatable bonds is 2. The fraction of sp³-hybridized carbons (Fsp3) is 0. The highest BCUT2D eigenvalue weighted by Crippen LogP contribution is 2.32. The van der Waals surface area contributed by atoms with Gasteiger partial charge in [0.15, 0.2) is 0 Å². The maximum atomic E-state index is 10.9. The lowest BCUT2D eigenvalue weighted by molar-refractivity contribution is 0.483. The summed E-state index contributed by atoms with van der Waals surface area (Å²) in [4.78, 5) is 1.45. The lowest BCUT2D eigenvalue weighted by Gasteiger charge is -2.00. The van der Waals surface area contributed by atoms with Gasteiger partial charge in [0.25, 0.3) is 10.1 Å². The molecule has 0 aliphatic heterocycles. The van der Waals surface area contributed by atoms with Gasteiger partial charge in [-0.25, -0.2) is 0 Å². The first-order chi connectivity index (χ1) is 7.48. The minimum Gasteiger partial charge on any atom is -0.282 e. The average Bonchev–Trinajstić information content (AvgIpc) is 2.66. The van der Waals surface area contributed by atoms with E-state index in [1.165, 1.54) is 22.8 Å². The molecule has 16 heavy (non-hydrogen) atoms. The summed E-state index contributed by atoms with van der Waals surface area (Å²) in [5, 5.41) is 1.41. The van der Waals surface area contributed by atoms with E-state index in [-0.39, 0.29) is 4.90 Å². The van der Waals surface area contributed by atoms with Crippen molar-refractivity contribution in [3.8, 4) is 10.4 Å². The van der Waals surface area contributed by atoms with Gasteiger partial charge in [0, 0.05) is 20.7 Å². The molecule has 0 atom stereocenters. The Morgan fingerprint density at radius 2 is 1.94 bits per heavy atom. The van der Waals surface area contributed by atoms with Crippen LogP contribution in [0.4, 0.5) is 0 Å². The zero-order chi connectivity index (χ0) is 11.8. The van der Waals surface area contributed by atoms with Crippen LogP contribution in [-0.2, 0) is 10.1 Å². The first-order valence-electron chi connectivity index (χ1n) is 4.33. The molecule has 1 heterocycles. The zero-order valence-corrected chi connectivity index (χ0v) is 10.5. The molecule has 2 aromatic rings. The molecule has 0 bridgehead atoms. The third kappa shape index (κ3) is 2.30. The Bertz CT molecular complexity index is 614. The summed E-state index contributed by atoms with van der Waals surface area (Å²) < 4.78 is 30.7. The molecule has 0 spiro atoms. The van der Waals surface area contributed by atoms with E-state index >= 15 is 0 Å². The van der Waals surface area contributed by atoms with E-state index in [1.807, 2.05) is 24.3 Å². The summed E-state index contributed by atoms with van der Waals surface area (Å²) in [6.07, 6.45) is 0. The first kappa shape index (κ1) is 11.7. The highest BCUT2D eigenvalue weighted by atomic mass is 32.2. The van der Waals surface area contributed by atoms with E-state index in [1.54, 1.807) is 0 Å². The summed E-state index contributed by atoms with van der Waals surface area (Å²) in [7, 11) is -4.12. The van der Waals surface area contributed by atoms with Crippen molar-refractivity contribution in [3.05, 3.63) is 35.7 Å². The summed E-state index contributed by atoms with van der Waals surface area (Å²) in [5.74, 6) is 0. The van der Waals surface area contributed by atoms with E-state index in [9.17, 15) is 8.42 Å². The van der Waals surface area contributed by atoms with Crippen molar-refractivity contribution in [2.45, 2.75) is 9.79 Å². The topological polar surface area (TPSA) is 54.4 Å². The van der Waals surface area contributed by atoms with Crippen molar-refractivity contribution in [1.82, 2.24) is 0 Å². The Hall–Kier alpha value is -0.820. The zero-order valence-electron chi connectivity index (χ0n) is 7.99. The molecule has 3 nitrogen and oxygen atoms in total. The van der Waals surface area contributed by atoms with Gasteiger partial charge in [-0.05, 0) is 12.1 Å². The van der Waals surface area contributed by atoms with Crippen molar-refractivity contribution in [2.24, 2.45) is 0 Å². The number of benzene rings is 1. The number of hydrogen-bond donors (Lipinski definition) is 2. The standard InChI is InChI=1S/C10H8O3S3/c11-16(12,13)7-5-10(15-6-7)8-3-1-2-4-9(8)14/h1-6,14H,(H,11,12,13). The van der Waals surface area contributed by atoms with Crippen molar-refractivity contribution in [2.75, 3.05) is 0 Å². The van der Waals surface area contributed by atoms with Gasteiger partial charge in [-0.1, -0.05) is 18.2 Å². The van der Waals surface area contributed by atoms with Crippen LogP contribution in [0.2, 0.25) is 0 Å². The molecule has 1 N–H and O–H groups in total. The molecule has 2 rings (SSSR count). The normalized spacial score (nSPS) is 11.6. The summed E-state index contributed by atoms with van der Waals surface area (Å²) in [6, 6.07) is 8.81. The van der Waals surface area contributed by atoms with Crippen LogP contribution < -0.4 is 0 Å². The molecule has 0 aliphatic carbocycles. The van der Waals surface area contributed by atoms with Crippen molar-refractivity contribution in [3.63, 3.8) is 0 Å². The molecule has 0 aliphatic rings. The largest absolute Gasteiger partial charge is 0.295 e. The minimum atomic E-state index is -4.12. The lowest BCUT2D eigenvalue weighted by Crippen LogP contribution is -1.94. The fourth-order valence-corrected chi connectivity index (χ4v) is 3.42. The molecule has 84 valence electrons. The van der Waals surface area contributed by atoms with Crippen molar-refractivity contribution < 1.29 is 13.0 Å². The van der Waals surface area contributed by atoms with Gasteiger partial charge in [-0.2, -0.15) is 8.42 Å². The van der Waals surface area contributed by atoms with Crippen molar-refractivity contribution in [1.29, 1.82) is 0 Å². The van der Waals surface area contributed by atoms with Crippen LogP contribution in [-0.4, -0.2) is 13.0 Å². The number of hydrogen-bond acceptors (Lipinski definition) is 4. The molecule has 1 aromatic carbocycles. The highest BCUT2D eigenvalue weighted by molar-refractivity contribution is 7.86. The molecule has 0 saturated carbocycles. The summed E-state index contributed by atoms with van der Waals surface area (Å²) in [6.45, 7) is 0. The van der Waals surface area contributed by atoms with Gasteiger partial charge < -0.3 is 0 Å². The molecular weight excluding hydrogens is 264 g/mol. The Balaban J connectivity index is 2.52. The van der Waals surface area contributed by atoms with Gasteiger partial charge in [-0.3, -0.25) is 4.55 Å². The SMILES string of the molecule is O=S(=O)(O)c1csc(-c2ccccc2S)c1. The Morgan fingerprint density at radius 3 is 2.50 bits per heavy atom. The Kier molecular flexibility index (Phi) is 3.07. The van der Waals surface area contributed by atoms with Crippen LogP contribution in [0.25, 0.3) is 10.4 Å². The van der Waals surface area contributed by atoms with Gasteiger partial charge in [0.05, 0.1) is 0 Å². The Morgan fingerprint density at radius 1 is 1.25 bits per heavy atom. The van der Waals surface area contributed by atoms with Crippen LogP contribution in [0.1, 0.15) is 0 Å². The molecule has 0 radical (unpaired) electrons. The predicted molar refractivity (Wildman–Crippen MR) is 66.8 cm³/mol. The second-order valence-corrected chi connectivity index (χ2v) is 5.95. The summed E-state index contributed by atoms with van der Waals surface area (Å²) in [5.41, 5.74) is 0.853. The number of thiophene rings is 1. The third-order valence-electron chi connectivity index (χ3n) is 2.04. The van der Waals surface area contributed by atoms with Crippen LogP contribution in [0, 0.1) is 0 Å². The van der Waals surface area contributed by atoms with Gasteiger partial charge in [-0.15, -0.1) is 24.0 Å². The average molecular weight is 272 g/mol. The maximum absolute atomic E-state index is 10.9. The van der Waals surface area contributed by atoms with E-state index in [0.29, 0.717) is 0 Å². The fourth-order valence-electron chi connectivity index (χ4n) is 1.28. The third-order valence-corrected chi connectivity index (χ3v) is 4.38. The lowest BCUT2D eigenvalue weighted by atomic mass is 10.2. The van der Waals surface area contributed by atoms with E-state index in [2.05, 4.69) is 12.6 Å². The van der Waals surface area contributed by atoms with Gasteiger partial charge in [0.1, 0.15) is 4.90 Å². The van der Waals surface area contributed by atoms with Crippen molar-refractivity contribution >= 4 is 34.1 Å². The van der Waals surface area contributed by atoms with E-state index < -0.39 is 10.1 Å². The second kappa shape index (κ2) is 4.21. The molecule has 0 saturated heterocycles. The van der Waals surface area contributed by atoms with E-state index in [4.69, 9.17) is 4.55 Å². The quantitative estimate of drug-likeness (QED) is 0.653.